The lowest BCUT2D eigenvalue weighted by molar-refractivity contribution is 0.0991. The molecular formula is C36H23N3O2. The summed E-state index contributed by atoms with van der Waals surface area (Å²) in [5.41, 5.74) is 6.08. The Kier molecular flexibility index (Phi) is 4.97. The summed E-state index contributed by atoms with van der Waals surface area (Å²) in [5.74, 6) is 0.278. The topological polar surface area (TPSA) is 53.5 Å². The van der Waals surface area contributed by atoms with Crippen LogP contribution in [0.2, 0.25) is 0 Å². The number of ketones is 2. The van der Waals surface area contributed by atoms with Crippen molar-refractivity contribution in [3.8, 4) is 0 Å². The van der Waals surface area contributed by atoms with Gasteiger partial charge in [-0.25, -0.2) is 4.98 Å². The number of carbonyl (C=O) groups excluding carboxylic acids is 2. The minimum absolute atomic E-state index is 0.173. The van der Waals surface area contributed by atoms with Crippen molar-refractivity contribution in [3.63, 3.8) is 0 Å². The predicted molar refractivity (Wildman–Crippen MR) is 165 cm³/mol. The molecule has 0 fully saturated rings. The number of pyridine rings is 1. The Morgan fingerprint density at radius 2 is 1.02 bits per heavy atom. The number of hydrogen-bond acceptors (Lipinski definition) is 5. The quantitative estimate of drug-likeness (QED) is 0.128. The largest absolute Gasteiger partial charge is 0.341 e. The summed E-state index contributed by atoms with van der Waals surface area (Å²) in [4.78, 5) is 36.7. The van der Waals surface area contributed by atoms with Crippen LogP contribution >= 0.6 is 0 Å². The van der Waals surface area contributed by atoms with Gasteiger partial charge in [0, 0.05) is 24.4 Å². The van der Waals surface area contributed by atoms with Crippen molar-refractivity contribution in [2.45, 2.75) is 0 Å². The predicted octanol–water partition coefficient (Wildman–Crippen LogP) is 8.40. The monoisotopic (exact) mass is 529 g/mol. The van der Waals surface area contributed by atoms with Gasteiger partial charge >= 0.3 is 0 Å². The lowest BCUT2D eigenvalue weighted by Crippen LogP contribution is -2.24. The van der Waals surface area contributed by atoms with Crippen LogP contribution in [0.3, 0.4) is 0 Å². The molecule has 0 N–H and O–H groups in total. The lowest BCUT2D eigenvalue weighted by atomic mass is 9.93. The molecule has 0 radical (unpaired) electrons. The van der Waals surface area contributed by atoms with Gasteiger partial charge in [-0.1, -0.05) is 72.8 Å². The fourth-order valence-corrected chi connectivity index (χ4v) is 6.28. The summed E-state index contributed by atoms with van der Waals surface area (Å²) < 4.78 is 0. The van der Waals surface area contributed by atoms with Crippen LogP contribution in [0.15, 0.2) is 121 Å². The van der Waals surface area contributed by atoms with Gasteiger partial charge < -0.3 is 4.90 Å². The number of allylic oxidation sites excluding steroid dienone is 1. The molecule has 41 heavy (non-hydrogen) atoms. The molecule has 194 valence electrons. The molecule has 5 aromatic carbocycles. The van der Waals surface area contributed by atoms with E-state index in [0.717, 1.165) is 50.1 Å². The third-order valence-corrected chi connectivity index (χ3v) is 8.16. The van der Waals surface area contributed by atoms with Crippen molar-refractivity contribution in [1.82, 2.24) is 4.98 Å². The molecule has 5 nitrogen and oxygen atoms in total. The van der Waals surface area contributed by atoms with Crippen molar-refractivity contribution < 1.29 is 9.59 Å². The highest BCUT2D eigenvalue weighted by atomic mass is 16.2. The van der Waals surface area contributed by atoms with E-state index < -0.39 is 0 Å². The van der Waals surface area contributed by atoms with Gasteiger partial charge in [-0.3, -0.25) is 14.5 Å². The van der Waals surface area contributed by atoms with Crippen molar-refractivity contribution in [2.75, 3.05) is 16.8 Å². The van der Waals surface area contributed by atoms with E-state index >= 15 is 0 Å². The Labute approximate surface area is 236 Å². The number of benzene rings is 5. The van der Waals surface area contributed by atoms with Crippen LogP contribution in [-0.4, -0.2) is 23.6 Å². The second kappa shape index (κ2) is 8.73. The van der Waals surface area contributed by atoms with Crippen molar-refractivity contribution in [1.29, 1.82) is 0 Å². The zero-order valence-electron chi connectivity index (χ0n) is 22.2. The maximum atomic E-state index is 13.8. The molecule has 5 heteroatoms. The molecule has 0 unspecified atom stereocenters. The Hall–Kier alpha value is -5.55. The standard InChI is InChI=1S/C36H23N3O2/c1-38-28-14-6-8-16-30(28)39(31-17-9-7-15-29(31)38)32-19-18-22(21-37-32)20-27-35(40)33-25-12-4-2-10-23(25)24-11-3-5-13-26(24)34(33)36(27)41/h2-21H,1H3. The smallest absolute Gasteiger partial charge is 0.198 e. The number of Topliss-reactive ketones (excluding diaryl/α,β-unsaturated/α-hetero) is 2. The van der Waals surface area contributed by atoms with Gasteiger partial charge in [-0.2, -0.15) is 0 Å². The van der Waals surface area contributed by atoms with Gasteiger partial charge in [0.1, 0.15) is 5.82 Å². The summed E-state index contributed by atoms with van der Waals surface area (Å²) in [6, 6.07) is 35.9. The van der Waals surface area contributed by atoms with Crippen LogP contribution in [-0.2, 0) is 0 Å². The molecular weight excluding hydrogens is 506 g/mol. The average molecular weight is 530 g/mol. The molecule has 0 bridgehead atoms. The van der Waals surface area contributed by atoms with Crippen LogP contribution < -0.4 is 9.80 Å². The van der Waals surface area contributed by atoms with E-state index in [1.807, 2.05) is 84.9 Å². The number of anilines is 5. The van der Waals surface area contributed by atoms with Crippen molar-refractivity contribution in [3.05, 3.63) is 138 Å². The number of fused-ring (bicyclic) bond motifs is 8. The maximum absolute atomic E-state index is 13.8. The first-order chi connectivity index (χ1) is 20.1. The third kappa shape index (κ3) is 3.33. The van der Waals surface area contributed by atoms with Crippen molar-refractivity contribution in [2.24, 2.45) is 0 Å². The van der Waals surface area contributed by atoms with E-state index in [2.05, 4.69) is 41.1 Å². The van der Waals surface area contributed by atoms with E-state index in [0.29, 0.717) is 16.7 Å². The third-order valence-electron chi connectivity index (χ3n) is 8.16. The normalized spacial score (nSPS) is 13.9. The van der Waals surface area contributed by atoms with Crippen molar-refractivity contribution >= 4 is 67.8 Å². The molecule has 0 spiro atoms. The minimum Gasteiger partial charge on any atom is -0.341 e. The molecule has 0 atom stereocenters. The molecule has 1 aliphatic carbocycles. The van der Waals surface area contributed by atoms with Gasteiger partial charge in [0.15, 0.2) is 11.6 Å². The molecule has 1 aliphatic heterocycles. The Morgan fingerprint density at radius 1 is 0.561 bits per heavy atom. The van der Waals surface area contributed by atoms with Crippen LogP contribution in [0, 0.1) is 0 Å². The molecule has 2 aliphatic rings. The first kappa shape index (κ1) is 23.3. The highest BCUT2D eigenvalue weighted by Gasteiger charge is 2.36. The summed E-state index contributed by atoms with van der Waals surface area (Å²) in [6.07, 6.45) is 3.41. The Morgan fingerprint density at radius 3 is 1.51 bits per heavy atom. The summed E-state index contributed by atoms with van der Waals surface area (Å²) in [5, 5.41) is 3.57. The molecule has 6 aromatic rings. The van der Waals surface area contributed by atoms with E-state index in [1.54, 1.807) is 12.3 Å². The second-order valence-corrected chi connectivity index (χ2v) is 10.4. The molecule has 8 rings (SSSR count). The lowest BCUT2D eigenvalue weighted by Gasteiger charge is -2.37. The number of nitrogens with zero attached hydrogens (tertiary/aromatic N) is 3. The summed E-state index contributed by atoms with van der Waals surface area (Å²) >= 11 is 0. The van der Waals surface area contributed by atoms with E-state index in [-0.39, 0.29) is 17.1 Å². The minimum atomic E-state index is -0.238. The summed E-state index contributed by atoms with van der Waals surface area (Å²) in [7, 11) is 2.07. The van der Waals surface area contributed by atoms with Crippen LogP contribution in [0.4, 0.5) is 28.6 Å². The van der Waals surface area contributed by atoms with Crippen LogP contribution in [0.1, 0.15) is 26.3 Å². The Bertz CT molecular complexity index is 1990. The number of hydrogen-bond donors (Lipinski definition) is 0. The van der Waals surface area contributed by atoms with Crippen LogP contribution in [0.5, 0.6) is 0 Å². The molecule has 0 saturated carbocycles. The number of carbonyl (C=O) groups is 2. The molecule has 0 saturated heterocycles. The summed E-state index contributed by atoms with van der Waals surface area (Å²) in [6.45, 7) is 0. The van der Waals surface area contributed by atoms with Gasteiger partial charge in [-0.15, -0.1) is 0 Å². The molecule has 1 aromatic heterocycles. The second-order valence-electron chi connectivity index (χ2n) is 10.4. The molecule has 0 amide bonds. The zero-order chi connectivity index (χ0) is 27.7. The van der Waals surface area contributed by atoms with Gasteiger partial charge in [0.2, 0.25) is 0 Å². The van der Waals surface area contributed by atoms with Gasteiger partial charge in [-0.05, 0) is 69.6 Å². The van der Waals surface area contributed by atoms with E-state index in [1.165, 1.54) is 0 Å². The fraction of sp³-hybridized carbons (Fsp3) is 0.0278. The SMILES string of the molecule is CN1c2ccccc2N(c2ccc(C=C3C(=O)c4c(c5ccccc5c5ccccc45)C3=O)cn2)c2ccccc21. The highest BCUT2D eigenvalue weighted by molar-refractivity contribution is 6.47. The van der Waals surface area contributed by atoms with E-state index in [9.17, 15) is 9.59 Å². The van der Waals surface area contributed by atoms with Gasteiger partial charge in [0.05, 0.1) is 28.3 Å². The number of aromatic nitrogens is 1. The fourth-order valence-electron chi connectivity index (χ4n) is 6.28. The first-order valence-corrected chi connectivity index (χ1v) is 13.5. The zero-order valence-corrected chi connectivity index (χ0v) is 22.2. The van der Waals surface area contributed by atoms with Crippen LogP contribution in [0.25, 0.3) is 27.6 Å². The Balaban J connectivity index is 1.22. The number of para-hydroxylation sites is 4. The maximum Gasteiger partial charge on any atom is 0.198 e. The van der Waals surface area contributed by atoms with E-state index in [4.69, 9.17) is 4.98 Å². The average Bonchev–Trinajstić information content (AvgIpc) is 3.27. The first-order valence-electron chi connectivity index (χ1n) is 13.5. The molecule has 2 heterocycles. The number of rotatable bonds is 2. The highest BCUT2D eigenvalue weighted by Crippen LogP contribution is 2.50. The van der Waals surface area contributed by atoms with Gasteiger partial charge in [0.25, 0.3) is 0 Å².